The average molecular weight is 376 g/mol. The number of nitrogens with zero attached hydrogens (tertiary/aromatic N) is 1. The quantitative estimate of drug-likeness (QED) is 0.465. The number of anilines is 1. The van der Waals surface area contributed by atoms with E-state index >= 15 is 0 Å². The van der Waals surface area contributed by atoms with Crippen molar-refractivity contribution in [1.82, 2.24) is 0 Å². The van der Waals surface area contributed by atoms with E-state index in [1.807, 2.05) is 66.7 Å². The molecule has 0 saturated carbocycles. The normalized spacial score (nSPS) is 10.5. The van der Waals surface area contributed by atoms with Gasteiger partial charge in [0, 0.05) is 0 Å². The molecule has 0 saturated heterocycles. The molecule has 3 aromatic rings. The third kappa shape index (κ3) is 5.60. The molecule has 0 atom stereocenters. The summed E-state index contributed by atoms with van der Waals surface area (Å²) in [6.45, 7) is -0.214. The van der Waals surface area contributed by atoms with Gasteiger partial charge in [-0.25, -0.2) is 0 Å². The molecule has 1 N–H and O–H groups in total. The van der Waals surface area contributed by atoms with Crippen molar-refractivity contribution in [1.29, 1.82) is 0 Å². The maximum Gasteiger partial charge on any atom is 0.265 e. The lowest BCUT2D eigenvalue weighted by atomic mass is 10.2. The van der Waals surface area contributed by atoms with Gasteiger partial charge in [-0.3, -0.25) is 4.79 Å². The van der Waals surface area contributed by atoms with E-state index in [2.05, 4.69) is 10.5 Å². The Morgan fingerprint density at radius 1 is 0.964 bits per heavy atom. The molecule has 0 unspecified atom stereocenters. The van der Waals surface area contributed by atoms with Gasteiger partial charge >= 0.3 is 0 Å². The van der Waals surface area contributed by atoms with Crippen LogP contribution in [0.15, 0.2) is 84.0 Å². The number of hydrogen-bond donors (Lipinski definition) is 1. The van der Waals surface area contributed by atoms with Crippen LogP contribution in [0.4, 0.5) is 5.69 Å². The Bertz CT molecular complexity index is 942. The number of rotatable bonds is 8. The highest BCUT2D eigenvalue weighted by molar-refractivity contribution is 5.93. The molecule has 0 aliphatic carbocycles. The molecule has 0 heterocycles. The molecule has 0 radical (unpaired) electrons. The largest absolute Gasteiger partial charge is 0.495 e. The summed E-state index contributed by atoms with van der Waals surface area (Å²) < 4.78 is 11.0. The first-order valence-corrected chi connectivity index (χ1v) is 8.66. The van der Waals surface area contributed by atoms with E-state index in [0.29, 0.717) is 17.2 Å². The zero-order valence-electron chi connectivity index (χ0n) is 15.4. The molecule has 0 bridgehead atoms. The molecular formula is C22H20N2O4. The van der Waals surface area contributed by atoms with E-state index in [1.54, 1.807) is 19.2 Å². The fourth-order valence-electron chi connectivity index (χ4n) is 2.41. The maximum absolute atomic E-state index is 12.0. The minimum atomic E-state index is -0.331. The fourth-order valence-corrected chi connectivity index (χ4v) is 2.41. The third-order valence-electron chi connectivity index (χ3n) is 3.69. The Morgan fingerprint density at radius 2 is 1.71 bits per heavy atom. The summed E-state index contributed by atoms with van der Waals surface area (Å²) in [5.74, 6) is 1.68. The third-order valence-corrected chi connectivity index (χ3v) is 3.69. The smallest absolute Gasteiger partial charge is 0.265 e. The van der Waals surface area contributed by atoms with Crippen molar-refractivity contribution >= 4 is 17.8 Å². The summed E-state index contributed by atoms with van der Waals surface area (Å²) in [5, 5.41) is 6.56. The van der Waals surface area contributed by atoms with Crippen LogP contribution in [0.25, 0.3) is 0 Å². The molecule has 0 aromatic heterocycles. The van der Waals surface area contributed by atoms with Gasteiger partial charge in [0.05, 0.1) is 19.0 Å². The fraction of sp³-hybridized carbons (Fsp3) is 0.0909. The number of benzene rings is 3. The zero-order chi connectivity index (χ0) is 19.6. The molecule has 3 aromatic carbocycles. The van der Waals surface area contributed by atoms with Crippen molar-refractivity contribution in [2.45, 2.75) is 0 Å². The van der Waals surface area contributed by atoms with Crippen LogP contribution in [0.5, 0.6) is 17.2 Å². The van der Waals surface area contributed by atoms with Crippen molar-refractivity contribution in [3.63, 3.8) is 0 Å². The monoisotopic (exact) mass is 376 g/mol. The van der Waals surface area contributed by atoms with E-state index in [-0.39, 0.29) is 12.5 Å². The highest BCUT2D eigenvalue weighted by Gasteiger charge is 2.07. The summed E-state index contributed by atoms with van der Waals surface area (Å²) in [4.78, 5) is 17.0. The van der Waals surface area contributed by atoms with Crippen LogP contribution in [0.3, 0.4) is 0 Å². The van der Waals surface area contributed by atoms with Crippen LogP contribution >= 0.6 is 0 Å². The number of amides is 1. The van der Waals surface area contributed by atoms with Crippen LogP contribution < -0.4 is 14.8 Å². The molecule has 142 valence electrons. The maximum atomic E-state index is 12.0. The highest BCUT2D eigenvalue weighted by atomic mass is 16.6. The van der Waals surface area contributed by atoms with E-state index in [0.717, 1.165) is 11.3 Å². The summed E-state index contributed by atoms with van der Waals surface area (Å²) in [6.07, 6.45) is 1.52. The predicted molar refractivity (Wildman–Crippen MR) is 108 cm³/mol. The van der Waals surface area contributed by atoms with Crippen molar-refractivity contribution in [2.75, 3.05) is 19.0 Å². The second kappa shape index (κ2) is 9.78. The SMILES string of the molecule is COc1ccccc1NC(=O)CO/N=C\c1cccc(Oc2ccccc2)c1. The predicted octanol–water partition coefficient (Wildman–Crippen LogP) is 4.48. The van der Waals surface area contributed by atoms with Gasteiger partial charge in [0.15, 0.2) is 6.61 Å². The minimum Gasteiger partial charge on any atom is -0.495 e. The lowest BCUT2D eigenvalue weighted by Crippen LogP contribution is -2.17. The highest BCUT2D eigenvalue weighted by Crippen LogP contribution is 2.23. The Kier molecular flexibility index (Phi) is 6.62. The molecule has 6 nitrogen and oxygen atoms in total. The number of carbonyl (C=O) groups is 1. The first-order chi connectivity index (χ1) is 13.7. The minimum absolute atomic E-state index is 0.214. The number of nitrogens with one attached hydrogen (secondary N) is 1. The molecule has 28 heavy (non-hydrogen) atoms. The van der Waals surface area contributed by atoms with E-state index in [1.165, 1.54) is 6.21 Å². The molecule has 0 spiro atoms. The number of methoxy groups -OCH3 is 1. The van der Waals surface area contributed by atoms with Gasteiger partial charge in [0.2, 0.25) is 0 Å². The van der Waals surface area contributed by atoms with E-state index in [4.69, 9.17) is 14.3 Å². The van der Waals surface area contributed by atoms with Crippen molar-refractivity contribution in [3.05, 3.63) is 84.4 Å². The summed E-state index contributed by atoms with van der Waals surface area (Å²) >= 11 is 0. The van der Waals surface area contributed by atoms with Gasteiger partial charge in [0.1, 0.15) is 17.2 Å². The van der Waals surface area contributed by atoms with Gasteiger partial charge < -0.3 is 19.6 Å². The van der Waals surface area contributed by atoms with Crippen LogP contribution in [0, 0.1) is 0 Å². The Morgan fingerprint density at radius 3 is 2.54 bits per heavy atom. The summed E-state index contributed by atoms with van der Waals surface area (Å²) in [7, 11) is 1.54. The van der Waals surface area contributed by atoms with Crippen molar-refractivity contribution < 1.29 is 19.1 Å². The standard InChI is InChI=1S/C22H20N2O4/c1-26-21-13-6-5-12-20(21)24-22(25)16-27-23-15-17-8-7-11-19(14-17)28-18-9-3-2-4-10-18/h2-15H,16H2,1H3,(H,24,25)/b23-15-. The summed E-state index contributed by atoms with van der Waals surface area (Å²) in [6, 6.07) is 24.0. The van der Waals surface area contributed by atoms with Crippen molar-refractivity contribution in [3.8, 4) is 17.2 Å². The van der Waals surface area contributed by atoms with Crippen LogP contribution in [-0.4, -0.2) is 25.8 Å². The molecule has 0 aliphatic heterocycles. The molecule has 0 aliphatic rings. The van der Waals surface area contributed by atoms with E-state index < -0.39 is 0 Å². The Hall–Kier alpha value is -3.80. The molecule has 0 fully saturated rings. The second-order valence-electron chi connectivity index (χ2n) is 5.74. The van der Waals surface area contributed by atoms with Gasteiger partial charge in [0.25, 0.3) is 5.91 Å². The van der Waals surface area contributed by atoms with Gasteiger partial charge in [-0.15, -0.1) is 0 Å². The lowest BCUT2D eigenvalue weighted by Gasteiger charge is -2.09. The topological polar surface area (TPSA) is 69.2 Å². The van der Waals surface area contributed by atoms with Crippen molar-refractivity contribution in [2.24, 2.45) is 5.16 Å². The Labute approximate surface area is 163 Å². The zero-order valence-corrected chi connectivity index (χ0v) is 15.4. The molecule has 3 rings (SSSR count). The van der Waals surface area contributed by atoms with E-state index in [9.17, 15) is 4.79 Å². The molecule has 6 heteroatoms. The first kappa shape index (κ1) is 19.0. The van der Waals surface area contributed by atoms with Crippen LogP contribution in [0.2, 0.25) is 0 Å². The van der Waals surface area contributed by atoms with Gasteiger partial charge in [-0.2, -0.15) is 0 Å². The van der Waals surface area contributed by atoms with Crippen LogP contribution in [-0.2, 0) is 9.63 Å². The van der Waals surface area contributed by atoms with Gasteiger partial charge in [-0.1, -0.05) is 47.6 Å². The number of ether oxygens (including phenoxy) is 2. The number of para-hydroxylation sites is 3. The summed E-state index contributed by atoms with van der Waals surface area (Å²) in [5.41, 5.74) is 1.37. The second-order valence-corrected chi connectivity index (χ2v) is 5.74. The lowest BCUT2D eigenvalue weighted by molar-refractivity contribution is -0.120. The average Bonchev–Trinajstić information content (AvgIpc) is 2.73. The Balaban J connectivity index is 1.50. The molecule has 1 amide bonds. The van der Waals surface area contributed by atoms with Crippen LogP contribution in [0.1, 0.15) is 5.56 Å². The number of hydrogen-bond acceptors (Lipinski definition) is 5. The number of oxime groups is 1. The first-order valence-electron chi connectivity index (χ1n) is 8.66. The number of carbonyl (C=O) groups excluding carboxylic acids is 1. The molecular weight excluding hydrogens is 356 g/mol. The van der Waals surface area contributed by atoms with Gasteiger partial charge in [-0.05, 0) is 42.0 Å².